The summed E-state index contributed by atoms with van der Waals surface area (Å²) < 4.78 is 5.18. The van der Waals surface area contributed by atoms with Crippen molar-refractivity contribution >= 4 is 29.2 Å². The Bertz CT molecular complexity index is 342. The van der Waals surface area contributed by atoms with Gasteiger partial charge in [0.1, 0.15) is 5.82 Å². The number of hydrazine groups is 1. The van der Waals surface area contributed by atoms with Crippen LogP contribution in [0.5, 0.6) is 0 Å². The van der Waals surface area contributed by atoms with Crippen molar-refractivity contribution in [3.05, 3.63) is 5.82 Å². The van der Waals surface area contributed by atoms with E-state index in [0.717, 1.165) is 23.0 Å². The molecule has 1 heterocycles. The number of nitrogens with two attached hydrogens (primary N) is 1. The molecule has 0 saturated carbocycles. The minimum absolute atomic E-state index is 0.126. The maximum Gasteiger partial charge on any atom is 0.233 e. The quantitative estimate of drug-likeness (QED) is 0.349. The van der Waals surface area contributed by atoms with Gasteiger partial charge in [0, 0.05) is 18.1 Å². The Hall–Kier alpha value is -0.660. The molecule has 1 unspecified atom stereocenters. The Morgan fingerprint density at radius 2 is 2.44 bits per heavy atom. The van der Waals surface area contributed by atoms with Crippen molar-refractivity contribution < 1.29 is 4.79 Å². The smallest absolute Gasteiger partial charge is 0.233 e. The highest BCUT2D eigenvalue weighted by Gasteiger charge is 2.10. The maximum absolute atomic E-state index is 10.9. The van der Waals surface area contributed by atoms with E-state index in [4.69, 9.17) is 5.84 Å². The minimum Gasteiger partial charge on any atom is -0.294 e. The molecule has 1 atom stereocenters. The summed E-state index contributed by atoms with van der Waals surface area (Å²) in [5.74, 6) is 5.77. The van der Waals surface area contributed by atoms with Gasteiger partial charge in [0.2, 0.25) is 5.91 Å². The summed E-state index contributed by atoms with van der Waals surface area (Å²) in [6.45, 7) is 4.10. The van der Waals surface area contributed by atoms with Gasteiger partial charge in [0.15, 0.2) is 4.34 Å². The molecule has 5 nitrogen and oxygen atoms in total. The fourth-order valence-electron chi connectivity index (χ4n) is 1.07. The molecule has 0 aliphatic rings. The molecular weight excluding hydrogens is 244 g/mol. The Morgan fingerprint density at radius 3 is 3.00 bits per heavy atom. The number of rotatable bonds is 6. The second-order valence-electron chi connectivity index (χ2n) is 3.36. The second-order valence-corrected chi connectivity index (χ2v) is 5.80. The molecule has 7 heteroatoms. The highest BCUT2D eigenvalue weighted by molar-refractivity contribution is 8.01. The summed E-state index contributed by atoms with van der Waals surface area (Å²) >= 11 is 3.08. The molecule has 16 heavy (non-hydrogen) atoms. The minimum atomic E-state index is -0.126. The third-order valence-electron chi connectivity index (χ3n) is 2.01. The van der Waals surface area contributed by atoms with Crippen LogP contribution in [0.2, 0.25) is 0 Å². The summed E-state index contributed by atoms with van der Waals surface area (Å²) in [5, 5.41) is 0.343. The molecule has 1 rings (SSSR count). The van der Waals surface area contributed by atoms with Crippen LogP contribution in [0.25, 0.3) is 0 Å². The van der Waals surface area contributed by atoms with Gasteiger partial charge in [0.25, 0.3) is 0 Å². The van der Waals surface area contributed by atoms with Crippen molar-refractivity contribution in [1.82, 2.24) is 14.8 Å². The van der Waals surface area contributed by atoms with Crippen molar-refractivity contribution in [1.29, 1.82) is 0 Å². The predicted octanol–water partition coefficient (Wildman–Crippen LogP) is 1.35. The Kier molecular flexibility index (Phi) is 5.72. The monoisotopic (exact) mass is 260 g/mol. The normalized spacial score (nSPS) is 12.4. The lowest BCUT2D eigenvalue weighted by atomic mass is 10.2. The molecule has 1 aromatic rings. The SMILES string of the molecule is CCc1nsc(SC(C)CCC(=O)NN)n1. The number of thioether (sulfide) groups is 1. The molecule has 0 radical (unpaired) electrons. The van der Waals surface area contributed by atoms with Crippen LogP contribution in [-0.4, -0.2) is 20.5 Å². The highest BCUT2D eigenvalue weighted by Crippen LogP contribution is 2.27. The predicted molar refractivity (Wildman–Crippen MR) is 66.2 cm³/mol. The number of aromatic nitrogens is 2. The third-order valence-corrected chi connectivity index (χ3v) is 4.00. The summed E-state index contributed by atoms with van der Waals surface area (Å²) in [4.78, 5) is 15.3. The van der Waals surface area contributed by atoms with E-state index in [1.807, 2.05) is 6.92 Å². The Balaban J connectivity index is 2.33. The van der Waals surface area contributed by atoms with E-state index in [9.17, 15) is 4.79 Å². The van der Waals surface area contributed by atoms with Gasteiger partial charge in [-0.2, -0.15) is 4.37 Å². The lowest BCUT2D eigenvalue weighted by Gasteiger charge is -2.07. The molecule has 0 aliphatic carbocycles. The van der Waals surface area contributed by atoms with E-state index >= 15 is 0 Å². The van der Waals surface area contributed by atoms with Crippen LogP contribution in [0.1, 0.15) is 32.5 Å². The van der Waals surface area contributed by atoms with Crippen molar-refractivity contribution in [3.8, 4) is 0 Å². The molecular formula is C9H16N4OS2. The van der Waals surface area contributed by atoms with Gasteiger partial charge >= 0.3 is 0 Å². The number of hydrogen-bond donors (Lipinski definition) is 2. The van der Waals surface area contributed by atoms with Crippen LogP contribution in [0.4, 0.5) is 0 Å². The van der Waals surface area contributed by atoms with Crippen LogP contribution < -0.4 is 11.3 Å². The van der Waals surface area contributed by atoms with Gasteiger partial charge in [0.05, 0.1) is 0 Å². The van der Waals surface area contributed by atoms with Gasteiger partial charge in [-0.25, -0.2) is 10.8 Å². The van der Waals surface area contributed by atoms with E-state index in [1.165, 1.54) is 11.5 Å². The van der Waals surface area contributed by atoms with E-state index in [2.05, 4.69) is 21.7 Å². The van der Waals surface area contributed by atoms with Gasteiger partial charge in [-0.1, -0.05) is 25.6 Å². The standard InChI is InChI=1S/C9H16N4OS2/c1-3-7-11-9(16-13-7)15-6(2)4-5-8(14)12-10/h6H,3-5,10H2,1-2H3,(H,12,14). The van der Waals surface area contributed by atoms with E-state index in [1.54, 1.807) is 11.8 Å². The number of nitrogens with zero attached hydrogens (tertiary/aromatic N) is 2. The lowest BCUT2D eigenvalue weighted by molar-refractivity contribution is -0.121. The number of aryl methyl sites for hydroxylation is 1. The zero-order chi connectivity index (χ0) is 12.0. The summed E-state index contributed by atoms with van der Waals surface area (Å²) in [6.07, 6.45) is 2.10. The molecule has 0 saturated heterocycles. The van der Waals surface area contributed by atoms with Gasteiger partial charge in [-0.05, 0) is 18.0 Å². The van der Waals surface area contributed by atoms with Gasteiger partial charge in [-0.15, -0.1) is 0 Å². The van der Waals surface area contributed by atoms with E-state index in [-0.39, 0.29) is 5.91 Å². The molecule has 0 fully saturated rings. The fourth-order valence-corrected chi connectivity index (χ4v) is 3.08. The largest absolute Gasteiger partial charge is 0.294 e. The number of amides is 1. The first-order valence-corrected chi connectivity index (χ1v) is 6.79. The Morgan fingerprint density at radius 1 is 1.69 bits per heavy atom. The lowest BCUT2D eigenvalue weighted by Crippen LogP contribution is -2.30. The number of carbonyl (C=O) groups is 1. The van der Waals surface area contributed by atoms with E-state index in [0.29, 0.717) is 11.7 Å². The zero-order valence-corrected chi connectivity index (χ0v) is 11.0. The van der Waals surface area contributed by atoms with Gasteiger partial charge < -0.3 is 0 Å². The average molecular weight is 260 g/mol. The highest BCUT2D eigenvalue weighted by atomic mass is 32.2. The summed E-state index contributed by atoms with van der Waals surface area (Å²) in [7, 11) is 0. The van der Waals surface area contributed by atoms with Crippen LogP contribution in [0, 0.1) is 0 Å². The average Bonchev–Trinajstić information content (AvgIpc) is 2.73. The van der Waals surface area contributed by atoms with Crippen LogP contribution in [-0.2, 0) is 11.2 Å². The molecule has 0 spiro atoms. The van der Waals surface area contributed by atoms with Crippen molar-refractivity contribution in [2.24, 2.45) is 5.84 Å². The van der Waals surface area contributed by atoms with Crippen LogP contribution in [0.15, 0.2) is 4.34 Å². The molecule has 0 aliphatic heterocycles. The number of hydrogen-bond acceptors (Lipinski definition) is 6. The second kappa shape index (κ2) is 6.82. The summed E-state index contributed by atoms with van der Waals surface area (Å²) in [5.41, 5.74) is 2.12. The van der Waals surface area contributed by atoms with Crippen molar-refractivity contribution in [2.45, 2.75) is 42.7 Å². The summed E-state index contributed by atoms with van der Waals surface area (Å²) in [6, 6.07) is 0. The first-order valence-electron chi connectivity index (χ1n) is 5.14. The van der Waals surface area contributed by atoms with Crippen molar-refractivity contribution in [3.63, 3.8) is 0 Å². The topological polar surface area (TPSA) is 80.9 Å². The first kappa shape index (κ1) is 13.4. The van der Waals surface area contributed by atoms with E-state index < -0.39 is 0 Å². The zero-order valence-electron chi connectivity index (χ0n) is 9.40. The van der Waals surface area contributed by atoms with Crippen molar-refractivity contribution in [2.75, 3.05) is 0 Å². The Labute approximate surface area is 103 Å². The fraction of sp³-hybridized carbons (Fsp3) is 0.667. The molecule has 1 amide bonds. The van der Waals surface area contributed by atoms with Gasteiger partial charge in [-0.3, -0.25) is 10.2 Å². The van der Waals surface area contributed by atoms with Crippen LogP contribution in [0.3, 0.4) is 0 Å². The van der Waals surface area contributed by atoms with Crippen LogP contribution >= 0.6 is 23.3 Å². The molecule has 0 bridgehead atoms. The first-order chi connectivity index (χ1) is 7.65. The molecule has 90 valence electrons. The number of carbonyl (C=O) groups excluding carboxylic acids is 1. The molecule has 1 aromatic heterocycles. The number of nitrogens with one attached hydrogen (secondary N) is 1. The third kappa shape index (κ3) is 4.46. The molecule has 3 N–H and O–H groups in total. The molecule has 0 aromatic carbocycles. The maximum atomic E-state index is 10.9.